The molecule has 0 aliphatic carbocycles. The first-order chi connectivity index (χ1) is 8.37. The highest BCUT2D eigenvalue weighted by Gasteiger charge is 2.29. The molecule has 0 aromatic heterocycles. The molecule has 5 nitrogen and oxygen atoms in total. The van der Waals surface area contributed by atoms with E-state index in [0.717, 1.165) is 0 Å². The van der Waals surface area contributed by atoms with E-state index in [1.165, 1.54) is 6.07 Å². The summed E-state index contributed by atoms with van der Waals surface area (Å²) in [6.07, 6.45) is 0.455. The van der Waals surface area contributed by atoms with Crippen molar-refractivity contribution in [2.45, 2.75) is 12.5 Å². The first-order valence-electron chi connectivity index (χ1n) is 5.44. The van der Waals surface area contributed by atoms with Gasteiger partial charge in [-0.2, -0.15) is 0 Å². The summed E-state index contributed by atoms with van der Waals surface area (Å²) in [5.41, 5.74) is 6.32. The van der Waals surface area contributed by atoms with Crippen LogP contribution < -0.4 is 11.1 Å². The molecule has 1 heterocycles. The van der Waals surface area contributed by atoms with Gasteiger partial charge in [-0.05, 0) is 24.6 Å². The molecule has 1 atom stereocenters. The Labute approximate surface area is 110 Å². The highest BCUT2D eigenvalue weighted by molar-refractivity contribution is 7.91. The lowest BCUT2D eigenvalue weighted by molar-refractivity contribution is 0.0941. The molecule has 1 aliphatic heterocycles. The van der Waals surface area contributed by atoms with Gasteiger partial charge in [-0.3, -0.25) is 4.79 Å². The quantitative estimate of drug-likeness (QED) is 0.789. The Kier molecular flexibility index (Phi) is 3.49. The van der Waals surface area contributed by atoms with Crippen LogP contribution in [0.15, 0.2) is 18.2 Å². The number of hydrogen-bond donors (Lipinski definition) is 2. The third-order valence-corrected chi connectivity index (χ3v) is 4.93. The predicted octanol–water partition coefficient (Wildman–Crippen LogP) is 0.839. The maximum absolute atomic E-state index is 11.9. The smallest absolute Gasteiger partial charge is 0.251 e. The lowest BCUT2D eigenvalue weighted by Crippen LogP contribution is -2.35. The van der Waals surface area contributed by atoms with Crippen LogP contribution in [-0.4, -0.2) is 31.9 Å². The molecule has 1 fully saturated rings. The number of carbonyl (C=O) groups is 1. The summed E-state index contributed by atoms with van der Waals surface area (Å²) in [5.74, 6) is -0.207. The number of nitrogens with one attached hydrogen (secondary N) is 1. The van der Waals surface area contributed by atoms with Gasteiger partial charge in [-0.1, -0.05) is 11.6 Å². The van der Waals surface area contributed by atoms with E-state index in [0.29, 0.717) is 22.7 Å². The van der Waals surface area contributed by atoms with Gasteiger partial charge in [0.25, 0.3) is 5.91 Å². The fraction of sp³-hybridized carbons (Fsp3) is 0.364. The van der Waals surface area contributed by atoms with Crippen LogP contribution in [0.4, 0.5) is 5.69 Å². The van der Waals surface area contributed by atoms with Gasteiger partial charge in [0.15, 0.2) is 9.84 Å². The maximum Gasteiger partial charge on any atom is 0.251 e. The molecule has 2 rings (SSSR count). The SMILES string of the molecule is Nc1ccc(C(=O)NC2CCS(=O)(=O)C2)cc1Cl. The standard InChI is InChI=1S/C11H13ClN2O3S/c12-9-5-7(1-2-10(9)13)11(15)14-8-3-4-18(16,17)6-8/h1-2,5,8H,3-4,6,13H2,(H,14,15). The average Bonchev–Trinajstić information content (AvgIpc) is 2.62. The fourth-order valence-electron chi connectivity index (χ4n) is 1.85. The highest BCUT2D eigenvalue weighted by Crippen LogP contribution is 2.20. The van der Waals surface area contributed by atoms with E-state index in [1.807, 2.05) is 0 Å². The number of amides is 1. The maximum atomic E-state index is 11.9. The summed E-state index contributed by atoms with van der Waals surface area (Å²) in [5, 5.41) is 2.99. The summed E-state index contributed by atoms with van der Waals surface area (Å²) < 4.78 is 22.5. The van der Waals surface area contributed by atoms with E-state index in [2.05, 4.69) is 5.32 Å². The molecule has 0 spiro atoms. The summed E-state index contributed by atoms with van der Waals surface area (Å²) in [6, 6.07) is 4.25. The van der Waals surface area contributed by atoms with Crippen LogP contribution in [0.25, 0.3) is 0 Å². The van der Waals surface area contributed by atoms with Crippen molar-refractivity contribution in [3.8, 4) is 0 Å². The van der Waals surface area contributed by atoms with Gasteiger partial charge in [-0.15, -0.1) is 0 Å². The molecule has 1 unspecified atom stereocenters. The van der Waals surface area contributed by atoms with E-state index < -0.39 is 9.84 Å². The number of nitrogens with two attached hydrogens (primary N) is 1. The zero-order valence-electron chi connectivity index (χ0n) is 9.52. The van der Waals surface area contributed by atoms with Gasteiger partial charge in [0.05, 0.1) is 22.2 Å². The molecule has 7 heteroatoms. The number of nitrogen functional groups attached to an aromatic ring is 1. The van der Waals surface area contributed by atoms with Crippen molar-refractivity contribution in [3.05, 3.63) is 28.8 Å². The topological polar surface area (TPSA) is 89.3 Å². The van der Waals surface area contributed by atoms with Crippen LogP contribution >= 0.6 is 11.6 Å². The predicted molar refractivity (Wildman–Crippen MR) is 70.4 cm³/mol. The molecule has 98 valence electrons. The minimum Gasteiger partial charge on any atom is -0.398 e. The Balaban J connectivity index is 2.06. The number of sulfone groups is 1. The third kappa shape index (κ3) is 2.94. The van der Waals surface area contributed by atoms with Crippen LogP contribution in [0, 0.1) is 0 Å². The van der Waals surface area contributed by atoms with E-state index in [9.17, 15) is 13.2 Å². The van der Waals surface area contributed by atoms with Crippen molar-refractivity contribution in [2.24, 2.45) is 0 Å². The molecule has 1 aromatic rings. The minimum absolute atomic E-state index is 0.00143. The number of anilines is 1. The van der Waals surface area contributed by atoms with Crippen molar-refractivity contribution < 1.29 is 13.2 Å². The first-order valence-corrected chi connectivity index (χ1v) is 7.64. The van der Waals surface area contributed by atoms with Gasteiger partial charge in [0, 0.05) is 11.6 Å². The van der Waals surface area contributed by atoms with Crippen molar-refractivity contribution in [1.29, 1.82) is 0 Å². The zero-order valence-corrected chi connectivity index (χ0v) is 11.1. The number of hydrogen-bond acceptors (Lipinski definition) is 4. The van der Waals surface area contributed by atoms with Crippen molar-refractivity contribution >= 4 is 33.0 Å². The number of halogens is 1. The van der Waals surface area contributed by atoms with Gasteiger partial charge >= 0.3 is 0 Å². The van der Waals surface area contributed by atoms with Gasteiger partial charge < -0.3 is 11.1 Å². The molecule has 1 aromatic carbocycles. The molecule has 1 aliphatic rings. The van der Waals surface area contributed by atoms with Crippen LogP contribution in [0.5, 0.6) is 0 Å². The number of benzene rings is 1. The Morgan fingerprint density at radius 1 is 1.44 bits per heavy atom. The highest BCUT2D eigenvalue weighted by atomic mass is 35.5. The van der Waals surface area contributed by atoms with Crippen LogP contribution in [0.2, 0.25) is 5.02 Å². The fourth-order valence-corrected chi connectivity index (χ4v) is 3.70. The van der Waals surface area contributed by atoms with E-state index in [-0.39, 0.29) is 23.5 Å². The monoisotopic (exact) mass is 288 g/mol. The van der Waals surface area contributed by atoms with Crippen molar-refractivity contribution in [3.63, 3.8) is 0 Å². The third-order valence-electron chi connectivity index (χ3n) is 2.83. The summed E-state index contributed by atoms with van der Waals surface area (Å²) in [6.45, 7) is 0. The average molecular weight is 289 g/mol. The van der Waals surface area contributed by atoms with Gasteiger partial charge in [0.1, 0.15) is 0 Å². The normalized spacial score (nSPS) is 21.7. The van der Waals surface area contributed by atoms with E-state index >= 15 is 0 Å². The molecule has 0 radical (unpaired) electrons. The van der Waals surface area contributed by atoms with Crippen LogP contribution in [0.1, 0.15) is 16.8 Å². The largest absolute Gasteiger partial charge is 0.398 e. The van der Waals surface area contributed by atoms with E-state index in [4.69, 9.17) is 17.3 Å². The Morgan fingerprint density at radius 2 is 2.17 bits per heavy atom. The van der Waals surface area contributed by atoms with Crippen molar-refractivity contribution in [1.82, 2.24) is 5.32 Å². The Morgan fingerprint density at radius 3 is 2.72 bits per heavy atom. The van der Waals surface area contributed by atoms with Gasteiger partial charge in [0.2, 0.25) is 0 Å². The first kappa shape index (κ1) is 13.2. The summed E-state index contributed by atoms with van der Waals surface area (Å²) in [7, 11) is -3.00. The molecule has 3 N–H and O–H groups in total. The molecule has 1 amide bonds. The summed E-state index contributed by atoms with van der Waals surface area (Å²) >= 11 is 5.82. The number of carbonyl (C=O) groups excluding carboxylic acids is 1. The lowest BCUT2D eigenvalue weighted by Gasteiger charge is -2.11. The second kappa shape index (κ2) is 4.78. The second-order valence-corrected chi connectivity index (χ2v) is 6.95. The Bertz CT molecular complexity index is 586. The second-order valence-electron chi connectivity index (χ2n) is 4.31. The molecule has 0 bridgehead atoms. The molecular formula is C11H13ClN2O3S. The Hall–Kier alpha value is -1.27. The van der Waals surface area contributed by atoms with E-state index in [1.54, 1.807) is 12.1 Å². The van der Waals surface area contributed by atoms with Crippen molar-refractivity contribution in [2.75, 3.05) is 17.2 Å². The lowest BCUT2D eigenvalue weighted by atomic mass is 10.1. The molecule has 0 saturated carbocycles. The van der Waals surface area contributed by atoms with Crippen LogP contribution in [0.3, 0.4) is 0 Å². The molecule has 18 heavy (non-hydrogen) atoms. The summed E-state index contributed by atoms with van der Waals surface area (Å²) in [4.78, 5) is 11.9. The molecule has 1 saturated heterocycles. The minimum atomic E-state index is -3.00. The number of rotatable bonds is 2. The van der Waals surface area contributed by atoms with Crippen LogP contribution in [-0.2, 0) is 9.84 Å². The molecular weight excluding hydrogens is 276 g/mol. The zero-order chi connectivity index (χ0) is 13.3. The van der Waals surface area contributed by atoms with Gasteiger partial charge in [-0.25, -0.2) is 8.42 Å².